The molecule has 0 aromatic heterocycles. The van der Waals surface area contributed by atoms with Crippen molar-refractivity contribution in [3.63, 3.8) is 0 Å². The lowest BCUT2D eigenvalue weighted by Gasteiger charge is -2.14. The second kappa shape index (κ2) is 5.42. The maximum Gasteiger partial charge on any atom is 0.446 e. The van der Waals surface area contributed by atoms with E-state index in [2.05, 4.69) is 17.9 Å². The van der Waals surface area contributed by atoms with Gasteiger partial charge in [0, 0.05) is 0 Å². The van der Waals surface area contributed by atoms with Gasteiger partial charge in [-0.05, 0) is 20.9 Å². The molecule has 0 aliphatic rings. The van der Waals surface area contributed by atoms with Crippen molar-refractivity contribution in [3.8, 4) is 0 Å². The second-order valence-corrected chi connectivity index (χ2v) is 3.59. The van der Waals surface area contributed by atoms with E-state index in [1.54, 1.807) is 0 Å². The number of carbonyl (C=O) groups is 1. The van der Waals surface area contributed by atoms with Crippen LogP contribution in [0.5, 0.6) is 0 Å². The van der Waals surface area contributed by atoms with Crippen molar-refractivity contribution in [3.05, 3.63) is 0 Å². The smallest absolute Gasteiger partial charge is 0.307 e. The van der Waals surface area contributed by atoms with E-state index in [-0.39, 0.29) is 4.87 Å². The molecule has 2 nitrogen and oxygen atoms in total. The van der Waals surface area contributed by atoms with Crippen molar-refractivity contribution in [2.45, 2.75) is 24.9 Å². The average molecular weight is 203 g/mol. The van der Waals surface area contributed by atoms with Crippen LogP contribution in [-0.2, 0) is 4.79 Å². The van der Waals surface area contributed by atoms with Gasteiger partial charge in [0.2, 0.25) is 6.29 Å². The Balaban J connectivity index is 0. The molecule has 1 N–H and O–H groups in total. The molecule has 0 bridgehead atoms. The van der Waals surface area contributed by atoms with Crippen LogP contribution in [0.4, 0.5) is 13.2 Å². The van der Waals surface area contributed by atoms with Gasteiger partial charge in [-0.25, -0.2) is 0 Å². The van der Waals surface area contributed by atoms with Gasteiger partial charge in [0.1, 0.15) is 0 Å². The van der Waals surface area contributed by atoms with Crippen LogP contribution in [-0.4, -0.2) is 24.4 Å². The first kappa shape index (κ1) is 14.3. The van der Waals surface area contributed by atoms with Crippen molar-refractivity contribution in [1.82, 2.24) is 5.32 Å². The number of nitrogens with one attached hydrogen (secondary N) is 1. The van der Waals surface area contributed by atoms with E-state index >= 15 is 0 Å². The molecule has 12 heavy (non-hydrogen) atoms. The fourth-order valence-electron chi connectivity index (χ4n) is 0. The summed E-state index contributed by atoms with van der Waals surface area (Å²) < 4.78 is 31.2. The van der Waals surface area contributed by atoms with E-state index in [0.29, 0.717) is 0 Å². The predicted molar refractivity (Wildman–Crippen MR) is 44.2 cm³/mol. The summed E-state index contributed by atoms with van der Waals surface area (Å²) in [6.45, 7) is 3.99. The normalized spacial score (nSPS) is 11.6. The van der Waals surface area contributed by atoms with Crippen LogP contribution in [0.25, 0.3) is 0 Å². The maximum atomic E-state index is 10.4. The third-order valence-electron chi connectivity index (χ3n) is 0.745. The Bertz CT molecular complexity index is 130. The predicted octanol–water partition coefficient (Wildman–Crippen LogP) is 1.62. The molecule has 0 spiro atoms. The van der Waals surface area contributed by atoms with Crippen molar-refractivity contribution < 1.29 is 18.0 Å². The molecule has 0 aromatic carbocycles. The number of carbonyl (C=O) groups excluding carboxylic acids is 1. The van der Waals surface area contributed by atoms with Gasteiger partial charge in [-0.15, -0.1) is 0 Å². The van der Waals surface area contributed by atoms with Crippen LogP contribution in [0.1, 0.15) is 13.8 Å². The molecule has 0 saturated carbocycles. The van der Waals surface area contributed by atoms with Crippen molar-refractivity contribution in [2.75, 3.05) is 7.05 Å². The van der Waals surface area contributed by atoms with E-state index in [1.165, 1.54) is 0 Å². The average Bonchev–Trinajstić information content (AvgIpc) is 1.86. The first-order chi connectivity index (χ1) is 5.12. The fraction of sp³-hybridized carbons (Fsp3) is 0.833. The largest absolute Gasteiger partial charge is 0.446 e. The van der Waals surface area contributed by atoms with Gasteiger partial charge in [-0.2, -0.15) is 25.8 Å². The summed E-state index contributed by atoms with van der Waals surface area (Å²) in [5.41, 5.74) is 0. The number of rotatable bonds is 1. The lowest BCUT2D eigenvalue weighted by Crippen LogP contribution is -2.28. The first-order valence-corrected chi connectivity index (χ1v) is 3.51. The summed E-state index contributed by atoms with van der Waals surface area (Å²) >= 11 is 4.14. The third-order valence-corrected chi connectivity index (χ3v) is 0.969. The second-order valence-electron chi connectivity index (χ2n) is 2.47. The molecule has 0 heterocycles. The zero-order valence-electron chi connectivity index (χ0n) is 7.07. The quantitative estimate of drug-likeness (QED) is 0.385. The maximum absolute atomic E-state index is 10.4. The van der Waals surface area contributed by atoms with Crippen molar-refractivity contribution in [1.29, 1.82) is 0 Å². The number of alkyl halides is 3. The molecule has 0 fully saturated rings. The van der Waals surface area contributed by atoms with Crippen LogP contribution in [0, 0.1) is 0 Å². The van der Waals surface area contributed by atoms with Crippen LogP contribution >= 0.6 is 12.6 Å². The number of halogens is 3. The minimum absolute atomic E-state index is 0.0139. The highest BCUT2D eigenvalue weighted by molar-refractivity contribution is 7.81. The van der Waals surface area contributed by atoms with Gasteiger partial charge in [0.25, 0.3) is 0 Å². The minimum atomic E-state index is -4.64. The molecule has 0 aliphatic carbocycles. The van der Waals surface area contributed by atoms with Crippen LogP contribution in [0.2, 0.25) is 0 Å². The van der Waals surface area contributed by atoms with E-state index < -0.39 is 12.5 Å². The lowest BCUT2D eigenvalue weighted by atomic mass is 10.4. The Kier molecular flexibility index (Phi) is 6.46. The number of hydrogen-bond acceptors (Lipinski definition) is 3. The van der Waals surface area contributed by atoms with Crippen LogP contribution in [0.15, 0.2) is 0 Å². The standard InChI is InChI=1S/C4H11NS.C2HF3O/c1-4(2,6)5-3;3-2(4,5)1-6/h5-6H,1-3H3;1H. The van der Waals surface area contributed by atoms with Gasteiger partial charge in [-0.1, -0.05) is 0 Å². The molecule has 0 aliphatic heterocycles. The van der Waals surface area contributed by atoms with Gasteiger partial charge >= 0.3 is 6.18 Å². The number of thiol groups is 1. The first-order valence-electron chi connectivity index (χ1n) is 3.06. The van der Waals surface area contributed by atoms with Crippen molar-refractivity contribution in [2.24, 2.45) is 0 Å². The third kappa shape index (κ3) is 22.6. The molecule has 74 valence electrons. The molecule has 0 unspecified atom stereocenters. The molecule has 6 heteroatoms. The molecule has 0 rings (SSSR count). The number of hydrogen-bond donors (Lipinski definition) is 2. The molecular weight excluding hydrogens is 191 g/mol. The van der Waals surface area contributed by atoms with Crippen LogP contribution < -0.4 is 5.32 Å². The van der Waals surface area contributed by atoms with E-state index in [4.69, 9.17) is 4.79 Å². The van der Waals surface area contributed by atoms with Crippen LogP contribution in [0.3, 0.4) is 0 Å². The minimum Gasteiger partial charge on any atom is -0.307 e. The summed E-state index contributed by atoms with van der Waals surface area (Å²) in [6, 6.07) is 0. The van der Waals surface area contributed by atoms with Gasteiger partial charge < -0.3 is 5.32 Å². The lowest BCUT2D eigenvalue weighted by molar-refractivity contribution is -0.156. The summed E-state index contributed by atoms with van der Waals surface area (Å²) in [4.78, 5) is 8.69. The number of aldehydes is 1. The molecule has 0 saturated heterocycles. The molecule has 0 amide bonds. The van der Waals surface area contributed by atoms with E-state index in [0.717, 1.165) is 0 Å². The molecule has 0 radical (unpaired) electrons. The summed E-state index contributed by atoms with van der Waals surface area (Å²) in [5.74, 6) is 0. The Morgan fingerprint density at radius 3 is 1.50 bits per heavy atom. The highest BCUT2D eigenvalue weighted by Crippen LogP contribution is 2.08. The Hall–Kier alpha value is -0.230. The highest BCUT2D eigenvalue weighted by atomic mass is 32.1. The van der Waals surface area contributed by atoms with E-state index in [9.17, 15) is 13.2 Å². The monoisotopic (exact) mass is 203 g/mol. The van der Waals surface area contributed by atoms with Gasteiger partial charge in [0.15, 0.2) is 0 Å². The van der Waals surface area contributed by atoms with Gasteiger partial charge in [-0.3, -0.25) is 4.79 Å². The molecule has 0 atom stereocenters. The molecule has 0 aromatic rings. The van der Waals surface area contributed by atoms with E-state index in [1.807, 2.05) is 20.9 Å². The Morgan fingerprint density at radius 2 is 1.50 bits per heavy atom. The Morgan fingerprint density at radius 1 is 1.33 bits per heavy atom. The SMILES string of the molecule is CNC(C)(C)S.O=CC(F)(F)F. The fourth-order valence-corrected chi connectivity index (χ4v) is 0. The highest BCUT2D eigenvalue weighted by Gasteiger charge is 2.24. The van der Waals surface area contributed by atoms with Gasteiger partial charge in [0.05, 0.1) is 4.87 Å². The summed E-state index contributed by atoms with van der Waals surface area (Å²) in [7, 11) is 1.88. The molecular formula is C6H12F3NOS. The Labute approximate surface area is 74.9 Å². The van der Waals surface area contributed by atoms with Crippen molar-refractivity contribution >= 4 is 18.9 Å². The summed E-state index contributed by atoms with van der Waals surface area (Å²) in [5, 5.41) is 2.97. The summed E-state index contributed by atoms with van der Waals surface area (Å²) in [6.07, 6.45) is -5.70. The zero-order valence-corrected chi connectivity index (χ0v) is 7.96. The topological polar surface area (TPSA) is 29.1 Å². The zero-order chi connectivity index (χ0) is 10.4.